The third-order valence-corrected chi connectivity index (χ3v) is 2.27. The molecular weight excluding hydrogens is 248 g/mol. The maximum atomic E-state index is 11.3. The SMILES string of the molecule is NC1=NC(c2ccc(Br)cn2)C(=O)N1. The lowest BCUT2D eigenvalue weighted by Crippen LogP contribution is -2.31. The number of nitrogens with two attached hydrogens (primary N) is 1. The number of halogens is 1. The Bertz CT molecular complexity index is 400. The number of rotatable bonds is 1. The van der Waals surface area contributed by atoms with Gasteiger partial charge in [0.15, 0.2) is 12.0 Å². The summed E-state index contributed by atoms with van der Waals surface area (Å²) in [5.74, 6) is -0.0953. The molecule has 0 bridgehead atoms. The predicted molar refractivity (Wildman–Crippen MR) is 54.4 cm³/mol. The van der Waals surface area contributed by atoms with Gasteiger partial charge >= 0.3 is 0 Å². The largest absolute Gasteiger partial charge is 0.370 e. The molecule has 2 rings (SSSR count). The van der Waals surface area contributed by atoms with Gasteiger partial charge in [-0.25, -0.2) is 4.99 Å². The van der Waals surface area contributed by atoms with E-state index in [0.717, 1.165) is 4.47 Å². The van der Waals surface area contributed by atoms with Crippen molar-refractivity contribution in [1.82, 2.24) is 10.3 Å². The van der Waals surface area contributed by atoms with Gasteiger partial charge in [-0.3, -0.25) is 15.1 Å². The van der Waals surface area contributed by atoms with Crippen LogP contribution >= 0.6 is 15.9 Å². The smallest absolute Gasteiger partial charge is 0.257 e. The summed E-state index contributed by atoms with van der Waals surface area (Å²) < 4.78 is 0.858. The summed E-state index contributed by atoms with van der Waals surface area (Å²) >= 11 is 3.26. The Morgan fingerprint density at radius 2 is 2.29 bits per heavy atom. The van der Waals surface area contributed by atoms with E-state index in [1.807, 2.05) is 0 Å². The number of guanidine groups is 1. The molecular formula is C8H7BrN4O. The van der Waals surface area contributed by atoms with Crippen molar-refractivity contribution in [3.63, 3.8) is 0 Å². The van der Waals surface area contributed by atoms with Crippen LogP contribution in [0.2, 0.25) is 0 Å². The highest BCUT2D eigenvalue weighted by Gasteiger charge is 2.27. The van der Waals surface area contributed by atoms with Gasteiger partial charge in [0.25, 0.3) is 5.91 Å². The Balaban J connectivity index is 2.32. The average molecular weight is 255 g/mol. The van der Waals surface area contributed by atoms with Gasteiger partial charge in [0.05, 0.1) is 5.69 Å². The van der Waals surface area contributed by atoms with Gasteiger partial charge in [0, 0.05) is 10.7 Å². The number of aliphatic imine (C=N–C) groups is 1. The monoisotopic (exact) mass is 254 g/mol. The molecule has 0 aliphatic carbocycles. The minimum absolute atomic E-state index is 0.143. The molecule has 0 saturated heterocycles. The van der Waals surface area contributed by atoms with Crippen LogP contribution < -0.4 is 11.1 Å². The molecule has 6 heteroatoms. The van der Waals surface area contributed by atoms with Gasteiger partial charge < -0.3 is 5.73 Å². The van der Waals surface area contributed by atoms with E-state index in [4.69, 9.17) is 5.73 Å². The molecule has 0 saturated carbocycles. The molecule has 5 nitrogen and oxygen atoms in total. The molecule has 0 aromatic carbocycles. The van der Waals surface area contributed by atoms with Crippen LogP contribution in [0.1, 0.15) is 11.7 Å². The van der Waals surface area contributed by atoms with Crippen molar-refractivity contribution in [1.29, 1.82) is 0 Å². The van der Waals surface area contributed by atoms with Crippen LogP contribution in [-0.2, 0) is 4.79 Å². The first-order valence-electron chi connectivity index (χ1n) is 3.92. The van der Waals surface area contributed by atoms with Crippen molar-refractivity contribution >= 4 is 27.8 Å². The van der Waals surface area contributed by atoms with Crippen molar-refractivity contribution in [3.8, 4) is 0 Å². The van der Waals surface area contributed by atoms with E-state index >= 15 is 0 Å². The van der Waals surface area contributed by atoms with Gasteiger partial charge in [-0.2, -0.15) is 0 Å². The number of nitrogens with zero attached hydrogens (tertiary/aromatic N) is 2. The number of carbonyl (C=O) groups excluding carboxylic acids is 1. The topological polar surface area (TPSA) is 80.4 Å². The van der Waals surface area contributed by atoms with Crippen LogP contribution in [0.5, 0.6) is 0 Å². The highest BCUT2D eigenvalue weighted by Crippen LogP contribution is 2.19. The molecule has 0 fully saturated rings. The normalized spacial score (nSPS) is 20.5. The quantitative estimate of drug-likeness (QED) is 0.758. The second kappa shape index (κ2) is 3.38. The predicted octanol–water partition coefficient (Wildman–Crippen LogP) is 0.330. The molecule has 1 aromatic heterocycles. The van der Waals surface area contributed by atoms with E-state index in [-0.39, 0.29) is 11.9 Å². The second-order valence-corrected chi connectivity index (χ2v) is 3.72. The van der Waals surface area contributed by atoms with Crippen LogP contribution in [0.3, 0.4) is 0 Å². The Kier molecular flexibility index (Phi) is 2.20. The van der Waals surface area contributed by atoms with Gasteiger partial charge in [-0.1, -0.05) is 0 Å². The van der Waals surface area contributed by atoms with Crippen LogP contribution in [-0.4, -0.2) is 16.9 Å². The molecule has 1 unspecified atom stereocenters. The summed E-state index contributed by atoms with van der Waals surface area (Å²) in [4.78, 5) is 19.3. The van der Waals surface area contributed by atoms with Crippen LogP contribution in [0.15, 0.2) is 27.8 Å². The minimum Gasteiger partial charge on any atom is -0.370 e. The van der Waals surface area contributed by atoms with Crippen molar-refractivity contribution in [2.24, 2.45) is 10.7 Å². The Morgan fingerprint density at radius 1 is 1.50 bits per heavy atom. The molecule has 72 valence electrons. The van der Waals surface area contributed by atoms with Gasteiger partial charge in [0.1, 0.15) is 0 Å². The first kappa shape index (κ1) is 9.14. The molecule has 1 atom stereocenters. The summed E-state index contributed by atoms with van der Waals surface area (Å²) in [5, 5.41) is 2.42. The fourth-order valence-corrected chi connectivity index (χ4v) is 1.41. The molecule has 0 spiro atoms. The highest BCUT2D eigenvalue weighted by molar-refractivity contribution is 9.10. The van der Waals surface area contributed by atoms with E-state index in [1.165, 1.54) is 0 Å². The van der Waals surface area contributed by atoms with Gasteiger partial charge in [0.2, 0.25) is 0 Å². The summed E-state index contributed by atoms with van der Waals surface area (Å²) in [6, 6.07) is 2.93. The summed E-state index contributed by atoms with van der Waals surface area (Å²) in [5.41, 5.74) is 5.95. The van der Waals surface area contributed by atoms with Crippen molar-refractivity contribution in [3.05, 3.63) is 28.5 Å². The van der Waals surface area contributed by atoms with Gasteiger partial charge in [-0.15, -0.1) is 0 Å². The fraction of sp³-hybridized carbons (Fsp3) is 0.125. The van der Waals surface area contributed by atoms with Gasteiger partial charge in [-0.05, 0) is 28.1 Å². The van der Waals surface area contributed by atoms with E-state index in [9.17, 15) is 4.79 Å². The number of nitrogens with one attached hydrogen (secondary N) is 1. The number of aromatic nitrogens is 1. The number of hydrogen-bond donors (Lipinski definition) is 2. The molecule has 3 N–H and O–H groups in total. The van der Waals surface area contributed by atoms with E-state index < -0.39 is 6.04 Å². The van der Waals surface area contributed by atoms with Crippen molar-refractivity contribution in [2.75, 3.05) is 0 Å². The zero-order chi connectivity index (χ0) is 10.1. The lowest BCUT2D eigenvalue weighted by atomic mass is 10.2. The fourth-order valence-electron chi connectivity index (χ4n) is 1.17. The molecule has 1 amide bonds. The number of pyridine rings is 1. The van der Waals surface area contributed by atoms with E-state index in [0.29, 0.717) is 5.69 Å². The highest BCUT2D eigenvalue weighted by atomic mass is 79.9. The average Bonchev–Trinajstić information content (AvgIpc) is 2.47. The molecule has 1 aliphatic rings. The molecule has 1 aromatic rings. The molecule has 2 heterocycles. The Morgan fingerprint density at radius 3 is 2.79 bits per heavy atom. The van der Waals surface area contributed by atoms with Crippen LogP contribution in [0.4, 0.5) is 0 Å². The Hall–Kier alpha value is -1.43. The minimum atomic E-state index is -0.608. The van der Waals surface area contributed by atoms with Crippen LogP contribution in [0.25, 0.3) is 0 Å². The Labute approximate surface area is 88.6 Å². The first-order valence-corrected chi connectivity index (χ1v) is 4.72. The summed E-state index contributed by atoms with van der Waals surface area (Å²) in [7, 11) is 0. The maximum Gasteiger partial charge on any atom is 0.257 e. The first-order chi connectivity index (χ1) is 6.66. The standard InChI is InChI=1S/C8H7BrN4O/c9-4-1-2-5(11-3-4)6-7(14)13-8(10)12-6/h1-3,6H,(H3,10,12,13,14). The summed E-state index contributed by atoms with van der Waals surface area (Å²) in [6.07, 6.45) is 1.62. The van der Waals surface area contributed by atoms with E-state index in [1.54, 1.807) is 18.3 Å². The maximum absolute atomic E-state index is 11.3. The molecule has 0 radical (unpaired) electrons. The third kappa shape index (κ3) is 1.60. The zero-order valence-electron chi connectivity index (χ0n) is 7.07. The molecule has 14 heavy (non-hydrogen) atoms. The number of hydrogen-bond acceptors (Lipinski definition) is 4. The lowest BCUT2D eigenvalue weighted by molar-refractivity contribution is -0.120. The zero-order valence-corrected chi connectivity index (χ0v) is 8.65. The second-order valence-electron chi connectivity index (χ2n) is 2.81. The number of amides is 1. The lowest BCUT2D eigenvalue weighted by Gasteiger charge is -2.02. The van der Waals surface area contributed by atoms with Crippen LogP contribution in [0, 0.1) is 0 Å². The number of carbonyl (C=O) groups is 1. The summed E-state index contributed by atoms with van der Waals surface area (Å²) in [6.45, 7) is 0. The molecule has 1 aliphatic heterocycles. The van der Waals surface area contributed by atoms with E-state index in [2.05, 4.69) is 31.2 Å². The third-order valence-electron chi connectivity index (χ3n) is 1.80. The van der Waals surface area contributed by atoms with Crippen molar-refractivity contribution in [2.45, 2.75) is 6.04 Å². The van der Waals surface area contributed by atoms with Crippen molar-refractivity contribution < 1.29 is 4.79 Å².